The van der Waals surface area contributed by atoms with E-state index in [1.54, 1.807) is 20.8 Å². The van der Waals surface area contributed by atoms with Gasteiger partial charge in [-0.3, -0.25) is 4.79 Å². The molecule has 0 bridgehead atoms. The zero-order chi connectivity index (χ0) is 10.5. The van der Waals surface area contributed by atoms with Gasteiger partial charge in [-0.05, 0) is 27.7 Å². The number of esters is 1. The molecule has 0 aliphatic heterocycles. The number of carbonyl (C=O) groups is 1. The summed E-state index contributed by atoms with van der Waals surface area (Å²) in [6.07, 6.45) is 0. The monoisotopic (exact) mass is 189 g/mol. The van der Waals surface area contributed by atoms with Crippen molar-refractivity contribution in [1.82, 2.24) is 5.32 Å². The Balaban J connectivity index is 3.70. The molecule has 0 saturated carbocycles. The Hall–Kier alpha value is -0.610. The molecule has 0 fully saturated rings. The Bertz CT molecular complexity index is 163. The van der Waals surface area contributed by atoms with Crippen molar-refractivity contribution in [3.63, 3.8) is 0 Å². The minimum Gasteiger partial charge on any atom is -0.465 e. The van der Waals surface area contributed by atoms with Crippen LogP contribution >= 0.6 is 0 Å². The molecule has 0 spiro atoms. The van der Waals surface area contributed by atoms with Gasteiger partial charge in [0.25, 0.3) is 0 Å². The molecule has 78 valence electrons. The van der Waals surface area contributed by atoms with Crippen LogP contribution < -0.4 is 5.32 Å². The molecule has 4 heteroatoms. The Morgan fingerprint density at radius 1 is 1.62 bits per heavy atom. The molecule has 0 aliphatic carbocycles. The van der Waals surface area contributed by atoms with Crippen LogP contribution in [-0.2, 0) is 9.53 Å². The number of hydrogen-bond donors (Lipinski definition) is 2. The molecule has 0 amide bonds. The minimum atomic E-state index is -0.827. The van der Waals surface area contributed by atoms with Crippen molar-refractivity contribution in [2.45, 2.75) is 39.3 Å². The lowest BCUT2D eigenvalue weighted by atomic mass is 10.0. The molecule has 4 nitrogen and oxygen atoms in total. The van der Waals surface area contributed by atoms with Crippen LogP contribution in [0.3, 0.4) is 0 Å². The molecule has 13 heavy (non-hydrogen) atoms. The van der Waals surface area contributed by atoms with Crippen LogP contribution in [0.2, 0.25) is 0 Å². The van der Waals surface area contributed by atoms with E-state index in [2.05, 4.69) is 5.32 Å². The lowest BCUT2D eigenvalue weighted by Crippen LogP contribution is -2.46. The van der Waals surface area contributed by atoms with E-state index in [9.17, 15) is 9.90 Å². The summed E-state index contributed by atoms with van der Waals surface area (Å²) < 4.78 is 4.72. The van der Waals surface area contributed by atoms with E-state index in [1.807, 2.05) is 6.92 Å². The van der Waals surface area contributed by atoms with Gasteiger partial charge in [0, 0.05) is 6.04 Å². The molecule has 1 unspecified atom stereocenters. The zero-order valence-corrected chi connectivity index (χ0v) is 8.76. The maximum atomic E-state index is 10.9. The van der Waals surface area contributed by atoms with E-state index in [-0.39, 0.29) is 18.6 Å². The van der Waals surface area contributed by atoms with Crippen LogP contribution in [0.1, 0.15) is 27.7 Å². The molecular formula is C9H19NO3. The third kappa shape index (κ3) is 5.60. The molecule has 0 radical (unpaired) electrons. The van der Waals surface area contributed by atoms with Crippen molar-refractivity contribution < 1.29 is 14.6 Å². The number of rotatable bonds is 5. The highest BCUT2D eigenvalue weighted by Gasteiger charge is 2.22. The molecule has 2 N–H and O–H groups in total. The average Bonchev–Trinajstić information content (AvgIpc) is 1.99. The van der Waals surface area contributed by atoms with Crippen LogP contribution in [0.25, 0.3) is 0 Å². The van der Waals surface area contributed by atoms with Gasteiger partial charge in [-0.2, -0.15) is 0 Å². The Labute approximate surface area is 79.3 Å². The molecule has 0 aromatic heterocycles. The highest BCUT2D eigenvalue weighted by atomic mass is 16.5. The van der Waals surface area contributed by atoms with Crippen molar-refractivity contribution in [1.29, 1.82) is 0 Å². The average molecular weight is 189 g/mol. The maximum Gasteiger partial charge on any atom is 0.319 e. The van der Waals surface area contributed by atoms with Crippen molar-refractivity contribution in [3.05, 3.63) is 0 Å². The Kier molecular flexibility index (Phi) is 4.95. The first kappa shape index (κ1) is 12.4. The van der Waals surface area contributed by atoms with Crippen molar-refractivity contribution >= 4 is 5.97 Å². The number of nitrogens with one attached hydrogen (secondary N) is 1. The van der Waals surface area contributed by atoms with Crippen molar-refractivity contribution in [3.8, 4) is 0 Å². The molecule has 0 heterocycles. The fraction of sp³-hybridized carbons (Fsp3) is 0.889. The summed E-state index contributed by atoms with van der Waals surface area (Å²) in [6.45, 7) is 7.48. The highest BCUT2D eigenvalue weighted by Crippen LogP contribution is 2.06. The van der Waals surface area contributed by atoms with Crippen LogP contribution in [0.4, 0.5) is 0 Å². The first-order valence-corrected chi connectivity index (χ1v) is 4.49. The highest BCUT2D eigenvalue weighted by molar-refractivity contribution is 5.71. The summed E-state index contributed by atoms with van der Waals surface area (Å²) in [5.74, 6) is -0.293. The lowest BCUT2D eigenvalue weighted by Gasteiger charge is -2.26. The van der Waals surface area contributed by atoms with Crippen LogP contribution in [-0.4, -0.2) is 35.9 Å². The van der Waals surface area contributed by atoms with Crippen molar-refractivity contribution in [2.75, 3.05) is 13.2 Å². The van der Waals surface area contributed by atoms with Gasteiger partial charge in [0.15, 0.2) is 0 Å². The zero-order valence-electron chi connectivity index (χ0n) is 8.76. The van der Waals surface area contributed by atoms with Crippen LogP contribution in [0.15, 0.2) is 0 Å². The van der Waals surface area contributed by atoms with E-state index in [0.29, 0.717) is 6.61 Å². The van der Waals surface area contributed by atoms with Gasteiger partial charge in [-0.15, -0.1) is 0 Å². The third-order valence-corrected chi connectivity index (χ3v) is 1.92. The quantitative estimate of drug-likeness (QED) is 0.611. The van der Waals surface area contributed by atoms with E-state index < -0.39 is 5.60 Å². The van der Waals surface area contributed by atoms with Crippen LogP contribution in [0, 0.1) is 0 Å². The smallest absolute Gasteiger partial charge is 0.319 e. The first-order valence-electron chi connectivity index (χ1n) is 4.49. The molecule has 0 aromatic rings. The fourth-order valence-electron chi connectivity index (χ4n) is 0.698. The van der Waals surface area contributed by atoms with Crippen LogP contribution in [0.5, 0.6) is 0 Å². The summed E-state index contributed by atoms with van der Waals surface area (Å²) in [5.41, 5.74) is -0.827. The van der Waals surface area contributed by atoms with Gasteiger partial charge in [-0.1, -0.05) is 0 Å². The second-order valence-electron chi connectivity index (χ2n) is 3.56. The molecule has 0 saturated heterocycles. The molecular weight excluding hydrogens is 170 g/mol. The number of hydrogen-bond acceptors (Lipinski definition) is 4. The fourth-order valence-corrected chi connectivity index (χ4v) is 0.698. The Morgan fingerprint density at radius 3 is 2.54 bits per heavy atom. The Morgan fingerprint density at radius 2 is 2.15 bits per heavy atom. The van der Waals surface area contributed by atoms with Gasteiger partial charge in [-0.25, -0.2) is 0 Å². The summed E-state index contributed by atoms with van der Waals surface area (Å²) >= 11 is 0. The van der Waals surface area contributed by atoms with Gasteiger partial charge in [0.1, 0.15) is 0 Å². The summed E-state index contributed by atoms with van der Waals surface area (Å²) in [6, 6.07) is -0.142. The van der Waals surface area contributed by atoms with Gasteiger partial charge >= 0.3 is 5.97 Å². The lowest BCUT2D eigenvalue weighted by molar-refractivity contribution is -0.142. The topological polar surface area (TPSA) is 58.6 Å². The summed E-state index contributed by atoms with van der Waals surface area (Å²) in [4.78, 5) is 10.9. The molecule has 1 atom stereocenters. The normalized spacial score (nSPS) is 13.9. The third-order valence-electron chi connectivity index (χ3n) is 1.92. The predicted molar refractivity (Wildman–Crippen MR) is 50.4 cm³/mol. The van der Waals surface area contributed by atoms with E-state index in [1.165, 1.54) is 0 Å². The number of ether oxygens (including phenoxy) is 1. The standard InChI is InChI=1S/C9H19NO3/c1-5-13-8(11)6-10-7(2)9(3,4)12/h7,10,12H,5-6H2,1-4H3. The molecule has 0 aromatic carbocycles. The largest absolute Gasteiger partial charge is 0.465 e. The van der Waals surface area contributed by atoms with E-state index in [4.69, 9.17) is 4.74 Å². The van der Waals surface area contributed by atoms with Crippen molar-refractivity contribution in [2.24, 2.45) is 0 Å². The van der Waals surface area contributed by atoms with Gasteiger partial charge in [0.2, 0.25) is 0 Å². The second kappa shape index (κ2) is 5.19. The van der Waals surface area contributed by atoms with E-state index in [0.717, 1.165) is 0 Å². The minimum absolute atomic E-state index is 0.138. The number of carbonyl (C=O) groups excluding carboxylic acids is 1. The summed E-state index contributed by atoms with van der Waals surface area (Å²) in [5, 5.41) is 12.4. The first-order chi connectivity index (χ1) is 5.88. The van der Waals surface area contributed by atoms with E-state index >= 15 is 0 Å². The van der Waals surface area contributed by atoms with Gasteiger partial charge in [0.05, 0.1) is 18.8 Å². The summed E-state index contributed by atoms with van der Waals surface area (Å²) in [7, 11) is 0. The predicted octanol–water partition coefficient (Wildman–Crippen LogP) is 0.299. The SMILES string of the molecule is CCOC(=O)CNC(C)C(C)(C)O. The van der Waals surface area contributed by atoms with Gasteiger partial charge < -0.3 is 15.2 Å². The molecule has 0 rings (SSSR count). The molecule has 0 aliphatic rings. The second-order valence-corrected chi connectivity index (χ2v) is 3.56. The number of aliphatic hydroxyl groups is 1. The maximum absolute atomic E-state index is 10.9.